The highest BCUT2D eigenvalue weighted by Crippen LogP contribution is 2.50. The molecule has 8 heteroatoms. The van der Waals surface area contributed by atoms with Crippen LogP contribution in [0.25, 0.3) is 0 Å². The zero-order chi connectivity index (χ0) is 30.6. The fraction of sp³-hybridized carbons (Fsp3) is 0.472. The average molecular weight is 596 g/mol. The van der Waals surface area contributed by atoms with E-state index in [0.29, 0.717) is 30.9 Å². The van der Waals surface area contributed by atoms with E-state index in [-0.39, 0.29) is 47.2 Å². The van der Waals surface area contributed by atoms with Gasteiger partial charge in [0.2, 0.25) is 11.8 Å². The van der Waals surface area contributed by atoms with Gasteiger partial charge in [-0.2, -0.15) is 0 Å². The van der Waals surface area contributed by atoms with Gasteiger partial charge in [0.05, 0.1) is 25.4 Å². The SMILES string of the molecule is CC(C)(C)c1ccc(N(C(=O)[C@H]2C3CCC4C2CO[C@@H]4OC3)C(C(=O)N[C@@H]2c3ccccc3C[C@@H]2O)c2cccnc2)cc1. The van der Waals surface area contributed by atoms with Gasteiger partial charge in [0.1, 0.15) is 6.04 Å². The van der Waals surface area contributed by atoms with Crippen LogP contribution in [0.1, 0.15) is 68.0 Å². The third-order valence-corrected chi connectivity index (χ3v) is 10.2. The maximum Gasteiger partial charge on any atom is 0.248 e. The topological polar surface area (TPSA) is 101 Å². The second kappa shape index (κ2) is 11.4. The molecule has 4 unspecified atom stereocenters. The van der Waals surface area contributed by atoms with Crippen molar-refractivity contribution in [3.63, 3.8) is 0 Å². The highest BCUT2D eigenvalue weighted by Gasteiger charge is 2.55. The first-order valence-electron chi connectivity index (χ1n) is 15.8. The molecule has 0 radical (unpaired) electrons. The van der Waals surface area contributed by atoms with Crippen LogP contribution in [0, 0.1) is 23.7 Å². The van der Waals surface area contributed by atoms with E-state index in [0.717, 1.165) is 29.5 Å². The summed E-state index contributed by atoms with van der Waals surface area (Å²) in [6.45, 7) is 7.41. The number of nitrogens with one attached hydrogen (secondary N) is 1. The smallest absolute Gasteiger partial charge is 0.248 e. The Labute approximate surface area is 258 Å². The number of rotatable bonds is 6. The normalized spacial score (nSPS) is 29.5. The number of fused-ring (bicyclic) bond motifs is 3. The molecular formula is C36H41N3O5. The quantitative estimate of drug-likeness (QED) is 0.422. The van der Waals surface area contributed by atoms with Crippen molar-refractivity contribution in [2.45, 2.75) is 69.9 Å². The fourth-order valence-corrected chi connectivity index (χ4v) is 7.89. The Kier molecular flexibility index (Phi) is 7.55. The first kappa shape index (κ1) is 29.1. The number of pyridine rings is 1. The van der Waals surface area contributed by atoms with Gasteiger partial charge in [0.15, 0.2) is 6.29 Å². The Bertz CT molecular complexity index is 1520. The second-order valence-electron chi connectivity index (χ2n) is 13.9. The number of ether oxygens (including phenoxy) is 2. The van der Waals surface area contributed by atoms with Crippen molar-refractivity contribution in [3.05, 3.63) is 95.3 Å². The van der Waals surface area contributed by atoms with Gasteiger partial charge in [-0.3, -0.25) is 19.5 Å². The molecule has 2 amide bonds. The summed E-state index contributed by atoms with van der Waals surface area (Å²) < 4.78 is 12.1. The molecule has 3 saturated heterocycles. The number of carbonyl (C=O) groups excluding carboxylic acids is 2. The summed E-state index contributed by atoms with van der Waals surface area (Å²) in [6, 6.07) is 17.8. The maximum absolute atomic E-state index is 15.1. The minimum absolute atomic E-state index is 0.0336. The van der Waals surface area contributed by atoms with Crippen LogP contribution < -0.4 is 10.2 Å². The van der Waals surface area contributed by atoms with Crippen LogP contribution in [0.5, 0.6) is 0 Å². The number of aliphatic hydroxyl groups is 1. The minimum atomic E-state index is -1.00. The number of nitrogens with zero attached hydrogens (tertiary/aromatic N) is 2. The van der Waals surface area contributed by atoms with E-state index in [1.165, 1.54) is 0 Å². The number of amides is 2. The van der Waals surface area contributed by atoms with Crippen molar-refractivity contribution in [1.82, 2.24) is 10.3 Å². The van der Waals surface area contributed by atoms with Gasteiger partial charge in [-0.05, 0) is 59.1 Å². The Morgan fingerprint density at radius 2 is 1.75 bits per heavy atom. The molecule has 230 valence electrons. The lowest BCUT2D eigenvalue weighted by molar-refractivity contribution is -0.140. The first-order chi connectivity index (χ1) is 21.2. The lowest BCUT2D eigenvalue weighted by Crippen LogP contribution is -2.51. The van der Waals surface area contributed by atoms with E-state index in [2.05, 4.69) is 31.1 Å². The molecule has 2 aliphatic carbocycles. The van der Waals surface area contributed by atoms with E-state index < -0.39 is 18.2 Å². The number of anilines is 1. The summed E-state index contributed by atoms with van der Waals surface area (Å²) in [6.07, 6.45) is 4.64. The van der Waals surface area contributed by atoms with E-state index >= 15 is 4.79 Å². The van der Waals surface area contributed by atoms with Gasteiger partial charge < -0.3 is 19.9 Å². The molecule has 3 aromatic rings. The summed E-state index contributed by atoms with van der Waals surface area (Å²) in [7, 11) is 0. The van der Waals surface area contributed by atoms with Crippen molar-refractivity contribution >= 4 is 17.5 Å². The molecule has 1 saturated carbocycles. The van der Waals surface area contributed by atoms with Crippen LogP contribution in [-0.2, 0) is 30.9 Å². The van der Waals surface area contributed by atoms with E-state index in [4.69, 9.17) is 9.47 Å². The molecule has 1 aromatic heterocycles. The number of aromatic nitrogens is 1. The number of carbonyl (C=O) groups is 2. The second-order valence-corrected chi connectivity index (χ2v) is 13.9. The van der Waals surface area contributed by atoms with Crippen LogP contribution in [0.3, 0.4) is 0 Å². The van der Waals surface area contributed by atoms with E-state index in [1.54, 1.807) is 23.4 Å². The fourth-order valence-electron chi connectivity index (χ4n) is 7.89. The van der Waals surface area contributed by atoms with Gasteiger partial charge >= 0.3 is 0 Å². The molecule has 8 atom stereocenters. The Morgan fingerprint density at radius 1 is 0.977 bits per heavy atom. The predicted octanol–water partition coefficient (Wildman–Crippen LogP) is 4.87. The summed E-state index contributed by atoms with van der Waals surface area (Å²) in [4.78, 5) is 35.7. The standard InChI is InChI=1S/C36H41N3O5/c1-36(2,3)24-11-13-25(14-12-24)39(34(42)30-23-10-15-27-28(30)20-44-35(27)43-19-23)32(22-8-6-16-37-18-22)33(41)38-31-26-9-5-4-7-21(26)17-29(31)40/h4-9,11-14,16,18,23,27-32,35,40H,10,15,17,19-20H2,1-3H3,(H,38,41)/t23?,27?,28?,29-,30-,31+,32?,35-/m0/s1. The van der Waals surface area contributed by atoms with Crippen molar-refractivity contribution in [3.8, 4) is 0 Å². The summed E-state index contributed by atoms with van der Waals surface area (Å²) in [5, 5.41) is 14.2. The largest absolute Gasteiger partial charge is 0.390 e. The Balaban J connectivity index is 1.32. The van der Waals surface area contributed by atoms with Crippen LogP contribution in [0.15, 0.2) is 73.1 Å². The molecule has 4 heterocycles. The third kappa shape index (κ3) is 5.13. The van der Waals surface area contributed by atoms with Crippen LogP contribution in [-0.4, -0.2) is 47.5 Å². The molecule has 2 N–H and O–H groups in total. The number of hydrogen-bond donors (Lipinski definition) is 2. The van der Waals surface area contributed by atoms with Crippen LogP contribution in [0.2, 0.25) is 0 Å². The summed E-state index contributed by atoms with van der Waals surface area (Å²) >= 11 is 0. The van der Waals surface area contributed by atoms with Crippen molar-refractivity contribution in [1.29, 1.82) is 0 Å². The molecule has 4 bridgehead atoms. The van der Waals surface area contributed by atoms with Crippen molar-refractivity contribution < 1.29 is 24.2 Å². The Morgan fingerprint density at radius 3 is 2.50 bits per heavy atom. The third-order valence-electron chi connectivity index (χ3n) is 10.2. The summed E-state index contributed by atoms with van der Waals surface area (Å²) in [5.41, 5.74) is 4.23. The monoisotopic (exact) mass is 595 g/mol. The maximum atomic E-state index is 15.1. The number of hydrogen-bond acceptors (Lipinski definition) is 6. The molecule has 4 fully saturated rings. The zero-order valence-electron chi connectivity index (χ0n) is 25.6. The van der Waals surface area contributed by atoms with E-state index in [9.17, 15) is 9.90 Å². The molecule has 2 aromatic carbocycles. The summed E-state index contributed by atoms with van der Waals surface area (Å²) in [5.74, 6) is -0.541. The van der Waals surface area contributed by atoms with Crippen molar-refractivity contribution in [2.24, 2.45) is 23.7 Å². The van der Waals surface area contributed by atoms with Gasteiger partial charge in [-0.1, -0.05) is 63.2 Å². The lowest BCUT2D eigenvalue weighted by Gasteiger charge is -2.41. The molecule has 8 rings (SSSR count). The van der Waals surface area contributed by atoms with Crippen LogP contribution >= 0.6 is 0 Å². The predicted molar refractivity (Wildman–Crippen MR) is 166 cm³/mol. The minimum Gasteiger partial charge on any atom is -0.390 e. The highest BCUT2D eigenvalue weighted by atomic mass is 16.7. The highest BCUT2D eigenvalue weighted by molar-refractivity contribution is 6.02. The van der Waals surface area contributed by atoms with E-state index in [1.807, 2.05) is 54.6 Å². The van der Waals surface area contributed by atoms with Gasteiger partial charge in [-0.15, -0.1) is 0 Å². The molecule has 3 aliphatic heterocycles. The Hall–Kier alpha value is -3.59. The van der Waals surface area contributed by atoms with Crippen molar-refractivity contribution in [2.75, 3.05) is 18.1 Å². The number of benzene rings is 2. The molecular weight excluding hydrogens is 554 g/mol. The van der Waals surface area contributed by atoms with Gasteiger partial charge in [0.25, 0.3) is 0 Å². The molecule has 44 heavy (non-hydrogen) atoms. The van der Waals surface area contributed by atoms with Gasteiger partial charge in [0, 0.05) is 47.8 Å². The average Bonchev–Trinajstić information content (AvgIpc) is 3.44. The molecule has 8 nitrogen and oxygen atoms in total. The van der Waals surface area contributed by atoms with Crippen LogP contribution in [0.4, 0.5) is 5.69 Å². The van der Waals surface area contributed by atoms with Gasteiger partial charge in [-0.25, -0.2) is 0 Å². The lowest BCUT2D eigenvalue weighted by atomic mass is 9.68. The molecule has 5 aliphatic rings. The zero-order valence-corrected chi connectivity index (χ0v) is 25.6. The first-order valence-corrected chi connectivity index (χ1v) is 15.8. The number of aliphatic hydroxyl groups excluding tert-OH is 1. The molecule has 0 spiro atoms.